The van der Waals surface area contributed by atoms with Crippen LogP contribution in [0.2, 0.25) is 0 Å². The summed E-state index contributed by atoms with van der Waals surface area (Å²) in [6, 6.07) is 18.1. The SMILES string of the molecule is CCSc1sc(CC)cc1[C@@H]1C(C(=O)Nc2cccc(C)n2)=C(C)NC2=C1C(=O)C[C@@H](c1ccccc1)C2. The van der Waals surface area contributed by atoms with Crippen molar-refractivity contribution in [3.8, 4) is 0 Å². The van der Waals surface area contributed by atoms with Crippen molar-refractivity contribution in [3.63, 3.8) is 0 Å². The molecule has 3 heterocycles. The summed E-state index contributed by atoms with van der Waals surface area (Å²) >= 11 is 3.57. The van der Waals surface area contributed by atoms with Crippen LogP contribution in [0.1, 0.15) is 67.1 Å². The first-order valence-corrected chi connectivity index (χ1v) is 15.0. The van der Waals surface area contributed by atoms with Gasteiger partial charge in [0.2, 0.25) is 0 Å². The highest BCUT2D eigenvalue weighted by Crippen LogP contribution is 2.49. The van der Waals surface area contributed by atoms with E-state index in [4.69, 9.17) is 0 Å². The number of carbonyl (C=O) groups is 2. The first-order chi connectivity index (χ1) is 18.4. The molecule has 0 radical (unpaired) electrons. The molecule has 1 aliphatic carbocycles. The van der Waals surface area contributed by atoms with Crippen LogP contribution in [0.3, 0.4) is 0 Å². The molecule has 1 amide bonds. The van der Waals surface area contributed by atoms with Gasteiger partial charge in [0.05, 0.1) is 4.21 Å². The molecular weight excluding hydrogens is 510 g/mol. The zero-order valence-electron chi connectivity index (χ0n) is 22.3. The van der Waals surface area contributed by atoms with Crippen LogP contribution in [0.5, 0.6) is 0 Å². The molecule has 5 rings (SSSR count). The summed E-state index contributed by atoms with van der Waals surface area (Å²) in [5.41, 5.74) is 6.14. The molecule has 5 nitrogen and oxygen atoms in total. The normalized spacial score (nSPS) is 19.3. The smallest absolute Gasteiger partial charge is 0.255 e. The highest BCUT2D eigenvalue weighted by molar-refractivity contribution is 8.01. The van der Waals surface area contributed by atoms with Gasteiger partial charge in [-0.25, -0.2) is 4.98 Å². The van der Waals surface area contributed by atoms with Crippen molar-refractivity contribution in [3.05, 3.63) is 98.8 Å². The Morgan fingerprint density at radius 3 is 2.61 bits per heavy atom. The Kier molecular flexibility index (Phi) is 7.86. The molecule has 3 aromatic rings. The van der Waals surface area contributed by atoms with Crippen LogP contribution in [0.25, 0.3) is 0 Å². The van der Waals surface area contributed by atoms with Crippen LogP contribution >= 0.6 is 23.1 Å². The fourth-order valence-electron chi connectivity index (χ4n) is 5.47. The Morgan fingerprint density at radius 2 is 1.89 bits per heavy atom. The van der Waals surface area contributed by atoms with E-state index in [0.717, 1.165) is 46.8 Å². The standard InChI is InChI=1S/C31H33N3O2S2/c1-5-22-17-23(31(38-22)37-6-2)28-27(30(36)34-26-14-10-11-18(3)32-26)19(4)33-24-15-21(16-25(35)29(24)28)20-12-8-7-9-13-20/h7-14,17,21,28,33H,5-6,15-16H2,1-4H3,(H,32,34,36)/t21-,28+/m0/s1. The Balaban J connectivity index is 1.61. The molecular formula is C31H33N3O2S2. The van der Waals surface area contributed by atoms with Crippen LogP contribution < -0.4 is 10.6 Å². The number of allylic oxidation sites excluding steroid dienone is 3. The number of nitrogens with one attached hydrogen (secondary N) is 2. The van der Waals surface area contributed by atoms with Crippen molar-refractivity contribution in [1.82, 2.24) is 10.3 Å². The second-order valence-electron chi connectivity index (χ2n) is 9.79. The number of aromatic nitrogens is 1. The first-order valence-electron chi connectivity index (χ1n) is 13.2. The first kappa shape index (κ1) is 26.4. The third kappa shape index (κ3) is 5.22. The summed E-state index contributed by atoms with van der Waals surface area (Å²) in [5, 5.41) is 6.52. The van der Waals surface area contributed by atoms with Gasteiger partial charge in [0, 0.05) is 45.5 Å². The number of thiophene rings is 1. The monoisotopic (exact) mass is 543 g/mol. The fraction of sp³-hybridized carbons (Fsp3) is 0.323. The van der Waals surface area contributed by atoms with Gasteiger partial charge in [-0.1, -0.05) is 50.2 Å². The Morgan fingerprint density at radius 1 is 1.11 bits per heavy atom. The lowest BCUT2D eigenvalue weighted by Crippen LogP contribution is -2.37. The number of anilines is 1. The fourth-order valence-corrected chi connectivity index (χ4v) is 7.85. The Bertz CT molecular complexity index is 1440. The number of hydrogen-bond acceptors (Lipinski definition) is 6. The minimum atomic E-state index is -0.411. The summed E-state index contributed by atoms with van der Waals surface area (Å²) in [6.45, 7) is 8.14. The largest absolute Gasteiger partial charge is 0.362 e. The number of Topliss-reactive ketones (excluding diaryl/α,β-unsaturated/α-hetero) is 1. The van der Waals surface area contributed by atoms with Crippen molar-refractivity contribution in [1.29, 1.82) is 0 Å². The lowest BCUT2D eigenvalue weighted by atomic mass is 9.72. The summed E-state index contributed by atoms with van der Waals surface area (Å²) in [6.07, 6.45) is 2.10. The van der Waals surface area contributed by atoms with Crippen molar-refractivity contribution in [2.24, 2.45) is 0 Å². The highest BCUT2D eigenvalue weighted by atomic mass is 32.2. The van der Waals surface area contributed by atoms with Crippen molar-refractivity contribution < 1.29 is 9.59 Å². The number of thioether (sulfide) groups is 1. The van der Waals surface area contributed by atoms with Gasteiger partial charge in [-0.2, -0.15) is 0 Å². The van der Waals surface area contributed by atoms with E-state index in [1.807, 2.05) is 44.2 Å². The molecule has 2 aliphatic rings. The highest BCUT2D eigenvalue weighted by Gasteiger charge is 2.42. The van der Waals surface area contributed by atoms with Gasteiger partial charge >= 0.3 is 0 Å². The number of nitrogens with zero attached hydrogens (tertiary/aromatic N) is 1. The van der Waals surface area contributed by atoms with Crippen molar-refractivity contribution in [2.75, 3.05) is 11.1 Å². The molecule has 1 aliphatic heterocycles. The number of hydrogen-bond donors (Lipinski definition) is 2. The van der Waals surface area contributed by atoms with E-state index in [-0.39, 0.29) is 17.6 Å². The molecule has 0 unspecified atom stereocenters. The van der Waals surface area contributed by atoms with Crippen LogP contribution in [0.15, 0.2) is 81.3 Å². The van der Waals surface area contributed by atoms with Crippen molar-refractivity contribution >= 4 is 40.6 Å². The third-order valence-electron chi connectivity index (χ3n) is 7.18. The molecule has 0 fully saturated rings. The predicted octanol–water partition coefficient (Wildman–Crippen LogP) is 7.13. The zero-order valence-corrected chi connectivity index (χ0v) is 23.9. The number of carbonyl (C=O) groups excluding carboxylic acids is 2. The van der Waals surface area contributed by atoms with Gasteiger partial charge in [-0.3, -0.25) is 9.59 Å². The molecule has 0 saturated carbocycles. The van der Waals surface area contributed by atoms with Gasteiger partial charge in [0.1, 0.15) is 5.82 Å². The molecule has 7 heteroatoms. The molecule has 2 atom stereocenters. The predicted molar refractivity (Wildman–Crippen MR) is 157 cm³/mol. The van der Waals surface area contributed by atoms with E-state index < -0.39 is 5.92 Å². The zero-order chi connectivity index (χ0) is 26.8. The molecule has 2 aromatic heterocycles. The minimum absolute atomic E-state index is 0.112. The molecule has 1 aromatic carbocycles. The van der Waals surface area contributed by atoms with Gasteiger partial charge in [-0.15, -0.1) is 23.1 Å². The summed E-state index contributed by atoms with van der Waals surface area (Å²) in [7, 11) is 0. The number of amides is 1. The molecule has 38 heavy (non-hydrogen) atoms. The lowest BCUT2D eigenvalue weighted by molar-refractivity contribution is -0.116. The summed E-state index contributed by atoms with van der Waals surface area (Å²) in [4.78, 5) is 33.6. The summed E-state index contributed by atoms with van der Waals surface area (Å²) < 4.78 is 1.19. The number of dihydropyridines is 1. The van der Waals surface area contributed by atoms with E-state index in [1.165, 1.54) is 14.6 Å². The molecule has 0 bridgehead atoms. The minimum Gasteiger partial charge on any atom is -0.362 e. The number of pyridine rings is 1. The molecule has 196 valence electrons. The van der Waals surface area contributed by atoms with Gasteiger partial charge < -0.3 is 10.6 Å². The van der Waals surface area contributed by atoms with Gasteiger partial charge in [0.25, 0.3) is 5.91 Å². The van der Waals surface area contributed by atoms with Crippen LogP contribution in [-0.4, -0.2) is 22.4 Å². The van der Waals surface area contributed by atoms with Crippen LogP contribution in [-0.2, 0) is 16.0 Å². The quantitative estimate of drug-likeness (QED) is 0.310. The number of ketones is 1. The second kappa shape index (κ2) is 11.3. The van der Waals surface area contributed by atoms with E-state index in [9.17, 15) is 9.59 Å². The number of aryl methyl sites for hydroxylation is 2. The third-order valence-corrected chi connectivity index (χ3v) is 9.66. The Hall–Kier alpha value is -3.16. The van der Waals surface area contributed by atoms with Crippen LogP contribution in [0.4, 0.5) is 5.82 Å². The average Bonchev–Trinajstić information content (AvgIpc) is 3.31. The topological polar surface area (TPSA) is 71.1 Å². The van der Waals surface area contributed by atoms with E-state index in [0.29, 0.717) is 17.8 Å². The summed E-state index contributed by atoms with van der Waals surface area (Å²) in [5.74, 6) is 1.03. The molecule has 2 N–H and O–H groups in total. The maximum Gasteiger partial charge on any atom is 0.255 e. The maximum absolute atomic E-state index is 14.0. The van der Waals surface area contributed by atoms with E-state index in [1.54, 1.807) is 29.2 Å². The molecule has 0 spiro atoms. The number of benzene rings is 1. The van der Waals surface area contributed by atoms with E-state index >= 15 is 0 Å². The van der Waals surface area contributed by atoms with Crippen LogP contribution in [0, 0.1) is 6.92 Å². The van der Waals surface area contributed by atoms with Gasteiger partial charge in [0.15, 0.2) is 5.78 Å². The average molecular weight is 544 g/mol. The Labute approximate surface area is 232 Å². The van der Waals surface area contributed by atoms with Crippen molar-refractivity contribution in [2.45, 2.75) is 63.0 Å². The maximum atomic E-state index is 14.0. The lowest BCUT2D eigenvalue weighted by Gasteiger charge is -2.37. The van der Waals surface area contributed by atoms with Gasteiger partial charge in [-0.05, 0) is 67.7 Å². The second-order valence-corrected chi connectivity index (χ2v) is 12.5. The number of rotatable bonds is 7. The molecule has 0 saturated heterocycles. The van der Waals surface area contributed by atoms with E-state index in [2.05, 4.69) is 47.7 Å².